The van der Waals surface area contributed by atoms with Crippen molar-refractivity contribution in [1.29, 1.82) is 0 Å². The topological polar surface area (TPSA) is 29.1 Å². The van der Waals surface area contributed by atoms with E-state index in [4.69, 9.17) is 11.6 Å². The zero-order valence-corrected chi connectivity index (χ0v) is 14.7. The Bertz CT molecular complexity index is 628. The van der Waals surface area contributed by atoms with Gasteiger partial charge in [-0.1, -0.05) is 29.3 Å². The zero-order chi connectivity index (χ0) is 15.4. The largest absolute Gasteiger partial charge is 0.325 e. The van der Waals surface area contributed by atoms with Gasteiger partial charge >= 0.3 is 0 Å². The molecule has 1 N–H and O–H groups in total. The van der Waals surface area contributed by atoms with Crippen molar-refractivity contribution in [2.45, 2.75) is 26.5 Å². The van der Waals surface area contributed by atoms with Crippen LogP contribution in [-0.2, 0) is 10.5 Å². The van der Waals surface area contributed by atoms with Crippen LogP contribution >= 0.6 is 34.7 Å². The number of benzene rings is 1. The Balaban J connectivity index is 1.87. The lowest BCUT2D eigenvalue weighted by Gasteiger charge is -2.12. The van der Waals surface area contributed by atoms with Crippen LogP contribution in [0.1, 0.15) is 21.6 Å². The molecule has 2 nitrogen and oxygen atoms in total. The number of rotatable bonds is 5. The number of hydrogen-bond donors (Lipinski definition) is 1. The summed E-state index contributed by atoms with van der Waals surface area (Å²) in [5.41, 5.74) is 4.36. The molecular weight excluding hydrogens is 322 g/mol. The van der Waals surface area contributed by atoms with Crippen molar-refractivity contribution in [3.63, 3.8) is 0 Å². The number of carbonyl (C=O) groups is 1. The zero-order valence-electron chi connectivity index (χ0n) is 12.3. The first-order chi connectivity index (χ1) is 9.95. The number of thiophene rings is 1. The Morgan fingerprint density at radius 3 is 2.48 bits per heavy atom. The minimum Gasteiger partial charge on any atom is -0.325 e. The molecule has 0 unspecified atom stereocenters. The molecule has 1 heterocycles. The maximum absolute atomic E-state index is 12.0. The van der Waals surface area contributed by atoms with Gasteiger partial charge in [0.2, 0.25) is 5.91 Å². The van der Waals surface area contributed by atoms with Gasteiger partial charge in [0.05, 0.1) is 10.1 Å². The van der Waals surface area contributed by atoms with Crippen molar-refractivity contribution in [2.24, 2.45) is 0 Å². The molecule has 0 radical (unpaired) electrons. The van der Waals surface area contributed by atoms with Gasteiger partial charge in [-0.15, -0.1) is 23.1 Å². The summed E-state index contributed by atoms with van der Waals surface area (Å²) in [6, 6.07) is 8.07. The molecule has 112 valence electrons. The van der Waals surface area contributed by atoms with Gasteiger partial charge in [-0.25, -0.2) is 0 Å². The summed E-state index contributed by atoms with van der Waals surface area (Å²) >= 11 is 9.05. The van der Waals surface area contributed by atoms with Crippen LogP contribution in [-0.4, -0.2) is 11.7 Å². The van der Waals surface area contributed by atoms with Crippen molar-refractivity contribution in [1.82, 2.24) is 0 Å². The van der Waals surface area contributed by atoms with Crippen molar-refractivity contribution in [3.05, 3.63) is 50.2 Å². The van der Waals surface area contributed by atoms with Gasteiger partial charge in [0.25, 0.3) is 0 Å². The van der Waals surface area contributed by atoms with Crippen molar-refractivity contribution < 1.29 is 4.79 Å². The highest BCUT2D eigenvalue weighted by Crippen LogP contribution is 2.26. The van der Waals surface area contributed by atoms with Gasteiger partial charge in [-0.05, 0) is 44.0 Å². The van der Waals surface area contributed by atoms with Crippen LogP contribution in [0.25, 0.3) is 0 Å². The second-order valence-electron chi connectivity index (χ2n) is 5.02. The Labute approximate surface area is 138 Å². The summed E-state index contributed by atoms with van der Waals surface area (Å²) in [5.74, 6) is 1.30. The Kier molecular flexibility index (Phi) is 5.73. The van der Waals surface area contributed by atoms with Gasteiger partial charge in [-0.2, -0.15) is 0 Å². The molecule has 0 bridgehead atoms. The van der Waals surface area contributed by atoms with E-state index in [1.807, 2.05) is 26.0 Å². The van der Waals surface area contributed by atoms with E-state index in [2.05, 4.69) is 24.4 Å². The molecular formula is C16H18ClNOS2. The quantitative estimate of drug-likeness (QED) is 0.811. The molecule has 1 amide bonds. The maximum atomic E-state index is 12.0. The van der Waals surface area contributed by atoms with Gasteiger partial charge in [0, 0.05) is 16.3 Å². The molecule has 0 saturated heterocycles. The summed E-state index contributed by atoms with van der Waals surface area (Å²) in [7, 11) is 0. The number of halogens is 1. The molecule has 0 aliphatic rings. The number of carbonyl (C=O) groups excluding carboxylic acids is 1. The number of anilines is 1. The average molecular weight is 340 g/mol. The Morgan fingerprint density at radius 2 is 1.90 bits per heavy atom. The monoisotopic (exact) mass is 339 g/mol. The lowest BCUT2D eigenvalue weighted by Crippen LogP contribution is -2.16. The smallest absolute Gasteiger partial charge is 0.234 e. The average Bonchev–Trinajstić information content (AvgIpc) is 2.79. The third-order valence-corrected chi connectivity index (χ3v) is 5.44. The van der Waals surface area contributed by atoms with Crippen LogP contribution in [0, 0.1) is 20.8 Å². The van der Waals surface area contributed by atoms with Crippen LogP contribution in [0.15, 0.2) is 24.3 Å². The second-order valence-corrected chi connectivity index (χ2v) is 7.81. The van der Waals surface area contributed by atoms with Crippen LogP contribution in [0.4, 0.5) is 5.69 Å². The van der Waals surface area contributed by atoms with Gasteiger partial charge in [0.1, 0.15) is 0 Å². The van der Waals surface area contributed by atoms with E-state index in [1.165, 1.54) is 10.4 Å². The molecule has 0 saturated carbocycles. The SMILES string of the molecule is Cc1cc(C)c(NC(=O)CSCc2ccc(Cl)s2)c(C)c1. The normalized spacial score (nSPS) is 10.7. The number of hydrogen-bond acceptors (Lipinski definition) is 3. The van der Waals surface area contributed by atoms with Crippen molar-refractivity contribution >= 4 is 46.3 Å². The van der Waals surface area contributed by atoms with E-state index >= 15 is 0 Å². The molecule has 2 aromatic rings. The highest BCUT2D eigenvalue weighted by molar-refractivity contribution is 7.99. The van der Waals surface area contributed by atoms with Crippen LogP contribution in [0.3, 0.4) is 0 Å². The molecule has 0 spiro atoms. The summed E-state index contributed by atoms with van der Waals surface area (Å²) in [6.07, 6.45) is 0. The van der Waals surface area contributed by atoms with E-state index < -0.39 is 0 Å². The molecule has 21 heavy (non-hydrogen) atoms. The fourth-order valence-electron chi connectivity index (χ4n) is 2.23. The molecule has 0 aliphatic heterocycles. The number of aryl methyl sites for hydroxylation is 3. The highest BCUT2D eigenvalue weighted by Gasteiger charge is 2.09. The minimum absolute atomic E-state index is 0.0395. The summed E-state index contributed by atoms with van der Waals surface area (Å²) < 4.78 is 0.793. The molecule has 2 rings (SSSR count). The van der Waals surface area contributed by atoms with Gasteiger partial charge < -0.3 is 5.32 Å². The Hall–Kier alpha value is -0.970. The molecule has 1 aromatic heterocycles. The first-order valence-corrected chi connectivity index (χ1v) is 9.00. The minimum atomic E-state index is 0.0395. The number of nitrogens with one attached hydrogen (secondary N) is 1. The van der Waals surface area contributed by atoms with Gasteiger partial charge in [0.15, 0.2) is 0 Å². The highest BCUT2D eigenvalue weighted by atomic mass is 35.5. The molecule has 5 heteroatoms. The maximum Gasteiger partial charge on any atom is 0.234 e. The van der Waals surface area contributed by atoms with E-state index in [1.54, 1.807) is 23.1 Å². The first-order valence-electron chi connectivity index (χ1n) is 6.65. The fourth-order valence-corrected chi connectivity index (χ4v) is 4.25. The second kappa shape index (κ2) is 7.34. The molecule has 0 atom stereocenters. The molecule has 1 aromatic carbocycles. The van der Waals surface area contributed by atoms with E-state index in [9.17, 15) is 4.79 Å². The number of thioether (sulfide) groups is 1. The van der Waals surface area contributed by atoms with Gasteiger partial charge in [-0.3, -0.25) is 4.79 Å². The summed E-state index contributed by atoms with van der Waals surface area (Å²) in [6.45, 7) is 6.11. The molecule has 0 aliphatic carbocycles. The van der Waals surface area contributed by atoms with Crippen LogP contribution in [0.5, 0.6) is 0 Å². The fraction of sp³-hybridized carbons (Fsp3) is 0.312. The third-order valence-electron chi connectivity index (χ3n) is 3.05. The predicted molar refractivity (Wildman–Crippen MR) is 94.8 cm³/mol. The van der Waals surface area contributed by atoms with Crippen molar-refractivity contribution in [2.75, 3.05) is 11.1 Å². The van der Waals surface area contributed by atoms with E-state index in [0.29, 0.717) is 5.75 Å². The number of amides is 1. The van der Waals surface area contributed by atoms with Crippen LogP contribution < -0.4 is 5.32 Å². The summed E-state index contributed by atoms with van der Waals surface area (Å²) in [4.78, 5) is 13.2. The van der Waals surface area contributed by atoms with E-state index in [-0.39, 0.29) is 5.91 Å². The Morgan fingerprint density at radius 1 is 1.24 bits per heavy atom. The standard InChI is InChI=1S/C16H18ClNOS2/c1-10-6-11(2)16(12(3)7-10)18-15(19)9-20-8-13-4-5-14(17)21-13/h4-7H,8-9H2,1-3H3,(H,18,19). The van der Waals surface area contributed by atoms with Crippen LogP contribution in [0.2, 0.25) is 4.34 Å². The third kappa shape index (κ3) is 4.77. The summed E-state index contributed by atoms with van der Waals surface area (Å²) in [5, 5.41) is 3.01. The molecule has 0 fully saturated rings. The lowest BCUT2D eigenvalue weighted by molar-refractivity contribution is -0.113. The first kappa shape index (κ1) is 16.4. The van der Waals surface area contributed by atoms with E-state index in [0.717, 1.165) is 26.9 Å². The van der Waals surface area contributed by atoms with Crippen molar-refractivity contribution in [3.8, 4) is 0 Å². The lowest BCUT2D eigenvalue weighted by atomic mass is 10.1. The predicted octanol–water partition coefficient (Wildman–Crippen LogP) is 5.20.